The second-order valence-electron chi connectivity index (χ2n) is 4.26. The summed E-state index contributed by atoms with van der Waals surface area (Å²) >= 11 is 3.01. The van der Waals surface area contributed by atoms with Crippen molar-refractivity contribution in [2.75, 3.05) is 19.0 Å². The molecule has 1 aromatic heterocycles. The minimum absolute atomic E-state index is 0.0693. The minimum atomic E-state index is 0.0693. The molecule has 0 fully saturated rings. The van der Waals surface area contributed by atoms with Crippen LogP contribution in [0.1, 0.15) is 11.1 Å². The Kier molecular flexibility index (Phi) is 4.06. The third-order valence-electron chi connectivity index (χ3n) is 2.40. The van der Waals surface area contributed by atoms with Gasteiger partial charge in [0.15, 0.2) is 4.34 Å². The Balaban J connectivity index is 2.31. The summed E-state index contributed by atoms with van der Waals surface area (Å²) in [6.45, 7) is 2.01. The van der Waals surface area contributed by atoms with E-state index in [2.05, 4.69) is 10.2 Å². The van der Waals surface area contributed by atoms with Gasteiger partial charge in [-0.25, -0.2) is 0 Å². The normalized spacial score (nSPS) is 10.5. The molecule has 0 atom stereocenters. The molecule has 0 amide bonds. The molecule has 0 saturated heterocycles. The highest BCUT2D eigenvalue weighted by molar-refractivity contribution is 8.01. The van der Waals surface area contributed by atoms with Crippen molar-refractivity contribution in [1.82, 2.24) is 10.2 Å². The maximum Gasteiger partial charge on any atom is 0.208 e. The van der Waals surface area contributed by atoms with E-state index in [0.717, 1.165) is 25.5 Å². The predicted octanol–water partition coefficient (Wildman–Crippen LogP) is 2.35. The van der Waals surface area contributed by atoms with E-state index < -0.39 is 0 Å². The summed E-state index contributed by atoms with van der Waals surface area (Å²) in [6.07, 6.45) is 0. The zero-order valence-corrected chi connectivity index (χ0v) is 12.6. The maximum absolute atomic E-state index is 7.61. The molecule has 19 heavy (non-hydrogen) atoms. The summed E-state index contributed by atoms with van der Waals surface area (Å²) in [6, 6.07) is 5.83. The average molecular weight is 293 g/mol. The first kappa shape index (κ1) is 13.8. The Morgan fingerprint density at radius 1 is 1.37 bits per heavy atom. The molecular formula is C12H15N5S2. The molecule has 0 aliphatic rings. The molecular weight excluding hydrogens is 278 g/mol. The Bertz CT molecular complexity index is 606. The van der Waals surface area contributed by atoms with Crippen LogP contribution in [-0.4, -0.2) is 30.1 Å². The van der Waals surface area contributed by atoms with Crippen LogP contribution in [0.3, 0.4) is 0 Å². The van der Waals surface area contributed by atoms with Gasteiger partial charge in [-0.15, -0.1) is 10.2 Å². The van der Waals surface area contributed by atoms with Crippen LogP contribution in [0.15, 0.2) is 27.4 Å². The van der Waals surface area contributed by atoms with Crippen LogP contribution in [0.2, 0.25) is 0 Å². The fraction of sp³-hybridized carbons (Fsp3) is 0.250. The largest absolute Gasteiger partial charge is 0.384 e. The van der Waals surface area contributed by atoms with Crippen molar-refractivity contribution in [1.29, 1.82) is 5.41 Å². The molecule has 0 aliphatic carbocycles. The van der Waals surface area contributed by atoms with E-state index in [4.69, 9.17) is 11.1 Å². The number of aromatic nitrogens is 2. The van der Waals surface area contributed by atoms with Crippen molar-refractivity contribution in [3.8, 4) is 0 Å². The van der Waals surface area contributed by atoms with E-state index in [0.29, 0.717) is 0 Å². The molecule has 0 saturated carbocycles. The summed E-state index contributed by atoms with van der Waals surface area (Å²) < 4.78 is 0.844. The molecule has 1 aromatic carbocycles. The Morgan fingerprint density at radius 2 is 2.11 bits per heavy atom. The molecule has 0 bridgehead atoms. The molecule has 7 heteroatoms. The van der Waals surface area contributed by atoms with Crippen LogP contribution >= 0.6 is 23.1 Å². The maximum atomic E-state index is 7.61. The van der Waals surface area contributed by atoms with E-state index >= 15 is 0 Å². The van der Waals surface area contributed by atoms with Crippen LogP contribution in [0.4, 0.5) is 5.13 Å². The van der Waals surface area contributed by atoms with Crippen LogP contribution in [0.5, 0.6) is 0 Å². The van der Waals surface area contributed by atoms with E-state index in [1.54, 1.807) is 0 Å². The molecule has 3 N–H and O–H groups in total. The number of nitrogens with two attached hydrogens (primary N) is 1. The fourth-order valence-electron chi connectivity index (χ4n) is 1.46. The lowest BCUT2D eigenvalue weighted by molar-refractivity contribution is 0.972. The van der Waals surface area contributed by atoms with Gasteiger partial charge >= 0.3 is 0 Å². The number of nitrogens with zero attached hydrogens (tertiary/aromatic N) is 3. The number of amidine groups is 1. The summed E-state index contributed by atoms with van der Waals surface area (Å²) in [7, 11) is 3.87. The summed E-state index contributed by atoms with van der Waals surface area (Å²) in [5.41, 5.74) is 7.46. The van der Waals surface area contributed by atoms with E-state index in [1.165, 1.54) is 23.1 Å². The van der Waals surface area contributed by atoms with Crippen molar-refractivity contribution in [3.05, 3.63) is 29.3 Å². The fourth-order valence-corrected chi connectivity index (χ4v) is 3.42. The monoisotopic (exact) mass is 293 g/mol. The zero-order chi connectivity index (χ0) is 14.0. The van der Waals surface area contributed by atoms with Crippen LogP contribution in [0, 0.1) is 12.3 Å². The van der Waals surface area contributed by atoms with Gasteiger partial charge in [-0.2, -0.15) is 0 Å². The number of nitrogen functional groups attached to an aromatic ring is 1. The summed E-state index contributed by atoms with van der Waals surface area (Å²) in [5, 5.41) is 16.7. The lowest BCUT2D eigenvalue weighted by Crippen LogP contribution is -2.12. The van der Waals surface area contributed by atoms with Gasteiger partial charge < -0.3 is 10.6 Å². The molecule has 0 aliphatic heterocycles. The number of aryl methyl sites for hydroxylation is 1. The number of anilines is 1. The Labute approximate surface area is 120 Å². The second kappa shape index (κ2) is 5.58. The topological polar surface area (TPSA) is 78.9 Å². The SMILES string of the molecule is Cc1ccc(C(=N)N)c(Sc2nnc(N(C)C)s2)c1. The quantitative estimate of drug-likeness (QED) is 0.668. The van der Waals surface area contributed by atoms with Gasteiger partial charge in [0.2, 0.25) is 5.13 Å². The molecule has 1 heterocycles. The van der Waals surface area contributed by atoms with Crippen molar-refractivity contribution >= 4 is 34.1 Å². The van der Waals surface area contributed by atoms with Gasteiger partial charge in [0.05, 0.1) is 0 Å². The number of hydrogen-bond acceptors (Lipinski definition) is 6. The molecule has 2 rings (SSSR count). The highest BCUT2D eigenvalue weighted by Crippen LogP contribution is 2.34. The number of hydrogen-bond donors (Lipinski definition) is 2. The van der Waals surface area contributed by atoms with E-state index in [9.17, 15) is 0 Å². The molecule has 0 unspecified atom stereocenters. The number of rotatable bonds is 4. The molecule has 5 nitrogen and oxygen atoms in total. The predicted molar refractivity (Wildman–Crippen MR) is 80.6 cm³/mol. The van der Waals surface area contributed by atoms with E-state index in [-0.39, 0.29) is 5.84 Å². The summed E-state index contributed by atoms with van der Waals surface area (Å²) in [5.74, 6) is 0.0693. The van der Waals surface area contributed by atoms with E-state index in [1.807, 2.05) is 44.1 Å². The average Bonchev–Trinajstić information content (AvgIpc) is 2.77. The van der Waals surface area contributed by atoms with Gasteiger partial charge in [-0.05, 0) is 24.6 Å². The van der Waals surface area contributed by atoms with Gasteiger partial charge in [-0.3, -0.25) is 5.41 Å². The lowest BCUT2D eigenvalue weighted by Gasteiger charge is -2.07. The van der Waals surface area contributed by atoms with Crippen LogP contribution in [-0.2, 0) is 0 Å². The van der Waals surface area contributed by atoms with Crippen molar-refractivity contribution in [2.24, 2.45) is 5.73 Å². The Hall–Kier alpha value is -1.60. The van der Waals surface area contributed by atoms with Crippen molar-refractivity contribution in [2.45, 2.75) is 16.2 Å². The van der Waals surface area contributed by atoms with Gasteiger partial charge in [0, 0.05) is 24.6 Å². The molecule has 100 valence electrons. The highest BCUT2D eigenvalue weighted by atomic mass is 32.2. The number of nitrogens with one attached hydrogen (secondary N) is 1. The van der Waals surface area contributed by atoms with Crippen LogP contribution in [0.25, 0.3) is 0 Å². The van der Waals surface area contributed by atoms with Crippen molar-refractivity contribution in [3.63, 3.8) is 0 Å². The standard InChI is InChI=1S/C12H15N5S2/c1-7-4-5-8(10(13)14)9(6-7)18-12-16-15-11(19-12)17(2)3/h4-6H,1-3H3,(H3,13,14). The second-order valence-corrected chi connectivity index (χ2v) is 6.51. The van der Waals surface area contributed by atoms with Crippen LogP contribution < -0.4 is 10.6 Å². The molecule has 0 radical (unpaired) electrons. The molecule has 2 aromatic rings. The zero-order valence-electron chi connectivity index (χ0n) is 11.0. The number of benzene rings is 1. The Morgan fingerprint density at radius 3 is 2.68 bits per heavy atom. The first-order valence-electron chi connectivity index (χ1n) is 5.61. The highest BCUT2D eigenvalue weighted by Gasteiger charge is 2.12. The van der Waals surface area contributed by atoms with Crippen molar-refractivity contribution < 1.29 is 0 Å². The van der Waals surface area contributed by atoms with Gasteiger partial charge in [0.1, 0.15) is 5.84 Å². The lowest BCUT2D eigenvalue weighted by atomic mass is 10.1. The van der Waals surface area contributed by atoms with Gasteiger partial charge in [0.25, 0.3) is 0 Å². The third-order valence-corrected chi connectivity index (χ3v) is 4.60. The smallest absolute Gasteiger partial charge is 0.208 e. The van der Waals surface area contributed by atoms with Gasteiger partial charge in [-0.1, -0.05) is 29.2 Å². The molecule has 0 spiro atoms. The summed E-state index contributed by atoms with van der Waals surface area (Å²) in [4.78, 5) is 2.86. The first-order valence-corrected chi connectivity index (χ1v) is 7.24. The third kappa shape index (κ3) is 3.24. The minimum Gasteiger partial charge on any atom is -0.384 e. The first-order chi connectivity index (χ1) is 8.97.